The van der Waals surface area contributed by atoms with Crippen LogP contribution >= 0.6 is 11.6 Å². The van der Waals surface area contributed by atoms with E-state index in [1.807, 2.05) is 6.92 Å². The summed E-state index contributed by atoms with van der Waals surface area (Å²) in [5.41, 5.74) is 4.22. The molecule has 134 valence electrons. The number of anilines is 1. The molecular formula is C16H16ClF2N3O3. The van der Waals surface area contributed by atoms with Crippen LogP contribution in [-0.2, 0) is 6.54 Å². The quantitative estimate of drug-likeness (QED) is 0.858. The van der Waals surface area contributed by atoms with E-state index in [9.17, 15) is 18.4 Å². The highest BCUT2D eigenvalue weighted by atomic mass is 35.5. The van der Waals surface area contributed by atoms with Gasteiger partial charge in [0.15, 0.2) is 0 Å². The predicted molar refractivity (Wildman–Crippen MR) is 90.9 cm³/mol. The van der Waals surface area contributed by atoms with Crippen LogP contribution in [0.4, 0.5) is 14.5 Å². The molecule has 0 atom stereocenters. The van der Waals surface area contributed by atoms with Gasteiger partial charge in [-0.2, -0.15) is 0 Å². The van der Waals surface area contributed by atoms with E-state index in [2.05, 4.69) is 0 Å². The van der Waals surface area contributed by atoms with E-state index in [4.69, 9.17) is 22.4 Å². The first-order valence-corrected chi connectivity index (χ1v) is 7.92. The number of nitrogens with two attached hydrogens (primary N) is 1. The Kier molecular flexibility index (Phi) is 4.20. The Morgan fingerprint density at radius 2 is 2.12 bits per heavy atom. The zero-order chi connectivity index (χ0) is 18.5. The minimum atomic E-state index is -1.47. The minimum Gasteiger partial charge on any atom is -0.477 e. The van der Waals surface area contributed by atoms with E-state index in [0.29, 0.717) is 13.1 Å². The van der Waals surface area contributed by atoms with Crippen LogP contribution in [0.2, 0.25) is 5.02 Å². The van der Waals surface area contributed by atoms with E-state index >= 15 is 0 Å². The molecule has 3 rings (SSSR count). The van der Waals surface area contributed by atoms with Gasteiger partial charge in [-0.3, -0.25) is 4.79 Å². The molecule has 0 spiro atoms. The van der Waals surface area contributed by atoms with Crippen molar-refractivity contribution in [1.29, 1.82) is 0 Å². The van der Waals surface area contributed by atoms with E-state index in [1.54, 1.807) is 4.90 Å². The number of nitrogens with zero attached hydrogens (tertiary/aromatic N) is 2. The van der Waals surface area contributed by atoms with Gasteiger partial charge >= 0.3 is 5.97 Å². The molecular weight excluding hydrogens is 356 g/mol. The van der Waals surface area contributed by atoms with Crippen molar-refractivity contribution in [3.63, 3.8) is 0 Å². The predicted octanol–water partition coefficient (Wildman–Crippen LogP) is 2.00. The Morgan fingerprint density at radius 1 is 1.48 bits per heavy atom. The van der Waals surface area contributed by atoms with Crippen LogP contribution in [0.25, 0.3) is 10.9 Å². The first kappa shape index (κ1) is 17.6. The van der Waals surface area contributed by atoms with Crippen LogP contribution in [0.5, 0.6) is 0 Å². The van der Waals surface area contributed by atoms with Gasteiger partial charge in [0, 0.05) is 24.8 Å². The molecule has 1 aliphatic heterocycles. The smallest absolute Gasteiger partial charge is 0.341 e. The molecule has 9 heteroatoms. The first-order valence-electron chi connectivity index (χ1n) is 7.54. The number of pyridine rings is 1. The average molecular weight is 372 g/mol. The first-order chi connectivity index (χ1) is 11.7. The molecule has 25 heavy (non-hydrogen) atoms. The van der Waals surface area contributed by atoms with Gasteiger partial charge in [0.2, 0.25) is 5.43 Å². The molecule has 0 saturated carbocycles. The second-order valence-corrected chi connectivity index (χ2v) is 6.86. The number of rotatable bonds is 4. The van der Waals surface area contributed by atoms with Crippen LogP contribution < -0.4 is 16.1 Å². The van der Waals surface area contributed by atoms with E-state index in [-0.39, 0.29) is 28.2 Å². The Bertz CT molecular complexity index is 935. The van der Waals surface area contributed by atoms with Crippen molar-refractivity contribution in [3.05, 3.63) is 38.9 Å². The van der Waals surface area contributed by atoms with Crippen molar-refractivity contribution in [3.8, 4) is 0 Å². The summed E-state index contributed by atoms with van der Waals surface area (Å²) in [6, 6.07) is 0.951. The van der Waals surface area contributed by atoms with Gasteiger partial charge in [-0.1, -0.05) is 11.6 Å². The van der Waals surface area contributed by atoms with Crippen molar-refractivity contribution in [2.75, 3.05) is 24.7 Å². The van der Waals surface area contributed by atoms with Gasteiger partial charge in [0.05, 0.1) is 28.2 Å². The molecule has 1 aliphatic rings. The summed E-state index contributed by atoms with van der Waals surface area (Å²) in [4.78, 5) is 25.2. The molecule has 2 aromatic rings. The highest BCUT2D eigenvalue weighted by Gasteiger charge is 2.38. The summed E-state index contributed by atoms with van der Waals surface area (Å²) in [5, 5.41) is 8.89. The monoisotopic (exact) mass is 371 g/mol. The Hall–Kier alpha value is -2.19. The third kappa shape index (κ3) is 2.85. The van der Waals surface area contributed by atoms with Gasteiger partial charge < -0.3 is 20.3 Å². The number of fused-ring (bicyclic) bond motifs is 1. The maximum absolute atomic E-state index is 14.6. The van der Waals surface area contributed by atoms with E-state index in [1.165, 1.54) is 4.57 Å². The minimum absolute atomic E-state index is 0.0620. The van der Waals surface area contributed by atoms with Gasteiger partial charge in [-0.05, 0) is 13.0 Å². The lowest BCUT2D eigenvalue weighted by molar-refractivity contribution is 0.0694. The standard InChI is InChI=1S/C16H16ClF2N3O3/c1-16(20)6-22(7-16)13-10(19)4-8-12(11(13)17)21(3-2-18)5-9(14(8)23)15(24)25/h4-5H,2-3,6-7,20H2,1H3,(H,24,25). The number of carbonyl (C=O) groups is 1. The number of carboxylic acids is 1. The number of aromatic carboxylic acids is 1. The van der Waals surface area contributed by atoms with Crippen molar-refractivity contribution >= 4 is 34.2 Å². The molecule has 0 radical (unpaired) electrons. The summed E-state index contributed by atoms with van der Waals surface area (Å²) in [6.07, 6.45) is 1.03. The van der Waals surface area contributed by atoms with Crippen LogP contribution in [0, 0.1) is 5.82 Å². The second kappa shape index (κ2) is 5.96. The summed E-state index contributed by atoms with van der Waals surface area (Å²) < 4.78 is 28.7. The van der Waals surface area contributed by atoms with Crippen LogP contribution in [0.1, 0.15) is 17.3 Å². The molecule has 0 unspecified atom stereocenters. The molecule has 1 fully saturated rings. The van der Waals surface area contributed by atoms with Gasteiger partial charge in [-0.25, -0.2) is 13.6 Å². The third-order valence-corrected chi connectivity index (χ3v) is 4.56. The number of hydrogen-bond donors (Lipinski definition) is 2. The molecule has 0 bridgehead atoms. The van der Waals surface area contributed by atoms with E-state index in [0.717, 1.165) is 12.3 Å². The maximum Gasteiger partial charge on any atom is 0.341 e. The number of hydrogen-bond acceptors (Lipinski definition) is 4. The Labute approximate surface area is 146 Å². The van der Waals surface area contributed by atoms with Crippen LogP contribution in [0.3, 0.4) is 0 Å². The second-order valence-electron chi connectivity index (χ2n) is 6.49. The molecule has 6 nitrogen and oxygen atoms in total. The van der Waals surface area contributed by atoms with Crippen LogP contribution in [-0.4, -0.2) is 40.9 Å². The molecule has 3 N–H and O–H groups in total. The zero-order valence-electron chi connectivity index (χ0n) is 13.4. The van der Waals surface area contributed by atoms with Crippen LogP contribution in [0.15, 0.2) is 17.1 Å². The summed E-state index contributed by atoms with van der Waals surface area (Å²) >= 11 is 6.34. The Balaban J connectivity index is 2.30. The molecule has 0 aliphatic carbocycles. The average Bonchev–Trinajstić information content (AvgIpc) is 2.47. The fourth-order valence-electron chi connectivity index (χ4n) is 3.17. The summed E-state index contributed by atoms with van der Waals surface area (Å²) in [5.74, 6) is -2.22. The molecule has 1 aromatic heterocycles. The number of aryl methyl sites for hydroxylation is 1. The molecule has 2 heterocycles. The lowest BCUT2D eigenvalue weighted by atomic mass is 9.92. The summed E-state index contributed by atoms with van der Waals surface area (Å²) in [6.45, 7) is 1.54. The number of alkyl halides is 1. The summed E-state index contributed by atoms with van der Waals surface area (Å²) in [7, 11) is 0. The third-order valence-electron chi connectivity index (χ3n) is 4.21. The number of benzene rings is 1. The van der Waals surface area contributed by atoms with Crippen molar-refractivity contribution in [1.82, 2.24) is 4.57 Å². The highest BCUT2D eigenvalue weighted by Crippen LogP contribution is 2.39. The van der Waals surface area contributed by atoms with Gasteiger partial charge in [0.25, 0.3) is 0 Å². The van der Waals surface area contributed by atoms with Gasteiger partial charge in [0.1, 0.15) is 18.1 Å². The number of aromatic nitrogens is 1. The van der Waals surface area contributed by atoms with E-state index < -0.39 is 35.0 Å². The SMILES string of the molecule is CC1(N)CN(c2c(F)cc3c(=O)c(C(=O)O)cn(CCF)c3c2Cl)C1. The number of halogens is 3. The van der Waals surface area contributed by atoms with Crippen molar-refractivity contribution in [2.45, 2.75) is 19.0 Å². The highest BCUT2D eigenvalue weighted by molar-refractivity contribution is 6.38. The topological polar surface area (TPSA) is 88.6 Å². The lowest BCUT2D eigenvalue weighted by Gasteiger charge is -2.47. The molecule has 1 aromatic carbocycles. The fraction of sp³-hybridized carbons (Fsp3) is 0.375. The maximum atomic E-state index is 14.6. The largest absolute Gasteiger partial charge is 0.477 e. The van der Waals surface area contributed by atoms with Gasteiger partial charge in [-0.15, -0.1) is 0 Å². The Morgan fingerprint density at radius 3 is 2.64 bits per heavy atom. The molecule has 1 saturated heterocycles. The van der Waals surface area contributed by atoms with Crippen molar-refractivity contribution < 1.29 is 18.7 Å². The molecule has 0 amide bonds. The number of carboxylic acid groups (broad SMARTS) is 1. The zero-order valence-corrected chi connectivity index (χ0v) is 14.1. The lowest BCUT2D eigenvalue weighted by Crippen LogP contribution is -2.65. The normalized spacial score (nSPS) is 16.1. The fourth-order valence-corrected chi connectivity index (χ4v) is 3.59. The van der Waals surface area contributed by atoms with Crippen molar-refractivity contribution in [2.24, 2.45) is 5.73 Å².